The summed E-state index contributed by atoms with van der Waals surface area (Å²) in [6.45, 7) is 8.79. The molecule has 0 aliphatic carbocycles. The number of imidazole rings is 1. The van der Waals surface area contributed by atoms with Crippen molar-refractivity contribution >= 4 is 22.7 Å². The average molecular weight is 394 g/mol. The maximum atomic E-state index is 4.90. The maximum absolute atomic E-state index is 4.90. The minimum Gasteiger partial charge on any atom is -0.325 e. The molecule has 2 heterocycles. The van der Waals surface area contributed by atoms with Crippen molar-refractivity contribution in [3.05, 3.63) is 101 Å². The lowest BCUT2D eigenvalue weighted by Gasteiger charge is -2.27. The van der Waals surface area contributed by atoms with Crippen LogP contribution in [0.2, 0.25) is 0 Å². The topological polar surface area (TPSA) is 29.9 Å². The lowest BCUT2D eigenvalue weighted by molar-refractivity contribution is 0.719. The molecule has 30 heavy (non-hydrogen) atoms. The van der Waals surface area contributed by atoms with Crippen LogP contribution in [0.4, 0.5) is 5.95 Å². The summed E-state index contributed by atoms with van der Waals surface area (Å²) in [7, 11) is 0. The van der Waals surface area contributed by atoms with Gasteiger partial charge in [-0.15, -0.1) is 0 Å². The summed E-state index contributed by atoms with van der Waals surface area (Å²) < 4.78 is 2.31. The number of rotatable bonds is 3. The van der Waals surface area contributed by atoms with Gasteiger partial charge in [0.25, 0.3) is 0 Å². The van der Waals surface area contributed by atoms with E-state index < -0.39 is 0 Å². The molecule has 3 heteroatoms. The van der Waals surface area contributed by atoms with Gasteiger partial charge in [-0.25, -0.2) is 4.98 Å². The van der Waals surface area contributed by atoms with Gasteiger partial charge in [0.15, 0.2) is 0 Å². The van der Waals surface area contributed by atoms with Crippen molar-refractivity contribution in [1.82, 2.24) is 9.55 Å². The second kappa shape index (κ2) is 7.17. The molecule has 0 fully saturated rings. The minimum atomic E-state index is 0.0893. The first-order valence-corrected chi connectivity index (χ1v) is 10.6. The average Bonchev–Trinajstić information content (AvgIpc) is 3.13. The van der Waals surface area contributed by atoms with Crippen LogP contribution in [-0.4, -0.2) is 9.55 Å². The van der Waals surface area contributed by atoms with Crippen LogP contribution in [0.5, 0.6) is 0 Å². The van der Waals surface area contributed by atoms with Crippen molar-refractivity contribution in [2.45, 2.75) is 39.7 Å². The number of nitrogens with one attached hydrogen (secondary N) is 1. The molecule has 1 aliphatic rings. The predicted molar refractivity (Wildman–Crippen MR) is 126 cm³/mol. The molecule has 5 rings (SSSR count). The number of para-hydroxylation sites is 2. The number of aryl methyl sites for hydroxylation is 2. The number of benzene rings is 3. The van der Waals surface area contributed by atoms with E-state index in [1.54, 1.807) is 0 Å². The van der Waals surface area contributed by atoms with E-state index in [9.17, 15) is 0 Å². The third-order valence-corrected chi connectivity index (χ3v) is 6.21. The third kappa shape index (κ3) is 3.11. The fraction of sp³-hybridized carbons (Fsp3) is 0.222. The Hall–Kier alpha value is -3.33. The lowest BCUT2D eigenvalue weighted by Crippen LogP contribution is -2.19. The van der Waals surface area contributed by atoms with Gasteiger partial charge in [0.2, 0.25) is 5.95 Å². The molecule has 0 spiro atoms. The second-order valence-corrected chi connectivity index (χ2v) is 8.56. The Morgan fingerprint density at radius 1 is 0.900 bits per heavy atom. The number of nitrogens with zero attached hydrogens (tertiary/aromatic N) is 2. The number of hydrogen-bond donors (Lipinski definition) is 1. The second-order valence-electron chi connectivity index (χ2n) is 8.56. The summed E-state index contributed by atoms with van der Waals surface area (Å²) in [5.74, 6) is 1.42. The fourth-order valence-electron chi connectivity index (χ4n) is 4.21. The van der Waals surface area contributed by atoms with Crippen molar-refractivity contribution in [1.29, 1.82) is 0 Å². The number of allylic oxidation sites excluding steroid dienone is 1. The first-order chi connectivity index (χ1) is 14.5. The van der Waals surface area contributed by atoms with Gasteiger partial charge >= 0.3 is 0 Å². The van der Waals surface area contributed by atoms with Crippen molar-refractivity contribution in [2.24, 2.45) is 0 Å². The highest BCUT2D eigenvalue weighted by molar-refractivity contribution is 5.85. The number of hydrogen-bond acceptors (Lipinski definition) is 2. The lowest BCUT2D eigenvalue weighted by atomic mass is 9.96. The van der Waals surface area contributed by atoms with Gasteiger partial charge < -0.3 is 5.32 Å². The Bertz CT molecular complexity index is 1260. The monoisotopic (exact) mass is 393 g/mol. The Labute approximate surface area is 178 Å². The van der Waals surface area contributed by atoms with Crippen molar-refractivity contribution < 1.29 is 0 Å². The molecular formula is C27H27N3. The first kappa shape index (κ1) is 18.7. The Balaban J connectivity index is 1.68. The highest BCUT2D eigenvalue weighted by atomic mass is 15.2. The summed E-state index contributed by atoms with van der Waals surface area (Å²) in [5, 5.41) is 3.59. The van der Waals surface area contributed by atoms with E-state index in [4.69, 9.17) is 4.98 Å². The van der Waals surface area contributed by atoms with Crippen LogP contribution in [0, 0.1) is 13.8 Å². The molecule has 0 bridgehead atoms. The number of anilines is 1. The molecule has 0 saturated heterocycles. The van der Waals surface area contributed by atoms with Gasteiger partial charge in [-0.2, -0.15) is 0 Å². The van der Waals surface area contributed by atoms with E-state index in [1.165, 1.54) is 27.8 Å². The summed E-state index contributed by atoms with van der Waals surface area (Å²) in [6, 6.07) is 24.1. The minimum absolute atomic E-state index is 0.0893. The van der Waals surface area contributed by atoms with Crippen molar-refractivity contribution in [3.8, 4) is 0 Å². The molecule has 0 amide bonds. The molecule has 4 aromatic rings. The molecule has 0 saturated carbocycles. The summed E-state index contributed by atoms with van der Waals surface area (Å²) in [6.07, 6.45) is 2.33. The van der Waals surface area contributed by atoms with E-state index >= 15 is 0 Å². The Morgan fingerprint density at radius 3 is 2.40 bits per heavy atom. The largest absolute Gasteiger partial charge is 0.325 e. The molecule has 3 aromatic carbocycles. The molecule has 1 atom stereocenters. The SMILES string of the molecule is Cc1ccc(C2=C[C@@H](c3ccc(C(C)C)cc3)n3c(nc4ccccc43)N2)cc1C. The Kier molecular flexibility index (Phi) is 4.47. The van der Waals surface area contributed by atoms with Gasteiger partial charge in [-0.3, -0.25) is 4.57 Å². The van der Waals surface area contributed by atoms with Crippen LogP contribution in [0.15, 0.2) is 72.8 Å². The zero-order chi connectivity index (χ0) is 20.8. The zero-order valence-electron chi connectivity index (χ0n) is 18.0. The van der Waals surface area contributed by atoms with Gasteiger partial charge in [-0.1, -0.05) is 62.4 Å². The summed E-state index contributed by atoms with van der Waals surface area (Å²) >= 11 is 0. The van der Waals surface area contributed by atoms with Crippen LogP contribution in [0.25, 0.3) is 16.7 Å². The van der Waals surface area contributed by atoms with Gasteiger partial charge in [0.1, 0.15) is 0 Å². The van der Waals surface area contributed by atoms with Crippen LogP contribution >= 0.6 is 0 Å². The smallest absolute Gasteiger partial charge is 0.209 e. The fourth-order valence-corrected chi connectivity index (χ4v) is 4.21. The van der Waals surface area contributed by atoms with Crippen molar-refractivity contribution in [2.75, 3.05) is 5.32 Å². The van der Waals surface area contributed by atoms with Gasteiger partial charge in [0, 0.05) is 5.70 Å². The quantitative estimate of drug-likeness (QED) is 0.413. The van der Waals surface area contributed by atoms with Gasteiger partial charge in [0.05, 0.1) is 17.1 Å². The first-order valence-electron chi connectivity index (χ1n) is 10.6. The molecule has 0 unspecified atom stereocenters. The number of aromatic nitrogens is 2. The highest BCUT2D eigenvalue weighted by Gasteiger charge is 2.25. The van der Waals surface area contributed by atoms with Crippen LogP contribution in [0.3, 0.4) is 0 Å². The van der Waals surface area contributed by atoms with E-state index in [1.807, 2.05) is 6.07 Å². The molecule has 150 valence electrons. The zero-order valence-corrected chi connectivity index (χ0v) is 18.0. The van der Waals surface area contributed by atoms with Crippen LogP contribution in [0.1, 0.15) is 53.6 Å². The van der Waals surface area contributed by atoms with Gasteiger partial charge in [-0.05, 0) is 71.9 Å². The predicted octanol–water partition coefficient (Wildman–Crippen LogP) is 6.83. The van der Waals surface area contributed by atoms with E-state index in [-0.39, 0.29) is 6.04 Å². The third-order valence-electron chi connectivity index (χ3n) is 6.21. The summed E-state index contributed by atoms with van der Waals surface area (Å²) in [5.41, 5.74) is 9.70. The Morgan fingerprint density at radius 2 is 1.67 bits per heavy atom. The number of fused-ring (bicyclic) bond motifs is 3. The molecule has 1 N–H and O–H groups in total. The highest BCUT2D eigenvalue weighted by Crippen LogP contribution is 2.37. The van der Waals surface area contributed by atoms with E-state index in [0.29, 0.717) is 5.92 Å². The van der Waals surface area contributed by atoms with Crippen LogP contribution < -0.4 is 5.32 Å². The normalized spacial score (nSPS) is 15.8. The standard InChI is InChI=1S/C27H27N3/c1-17(2)20-11-13-21(14-12-20)26-16-24(22-10-9-18(3)19(4)15-22)29-27-28-23-7-5-6-8-25(23)30(26)27/h5-17,26H,1-4H3,(H,28,29)/t26-/m0/s1. The molecule has 1 aromatic heterocycles. The summed E-state index contributed by atoms with van der Waals surface area (Å²) in [4.78, 5) is 4.90. The molecule has 0 radical (unpaired) electrons. The maximum Gasteiger partial charge on any atom is 0.209 e. The molecular weight excluding hydrogens is 366 g/mol. The van der Waals surface area contributed by atoms with Crippen LogP contribution in [-0.2, 0) is 0 Å². The van der Waals surface area contributed by atoms with E-state index in [0.717, 1.165) is 22.7 Å². The van der Waals surface area contributed by atoms with E-state index in [2.05, 4.69) is 104 Å². The molecule has 1 aliphatic heterocycles. The van der Waals surface area contributed by atoms with Crippen molar-refractivity contribution in [3.63, 3.8) is 0 Å². The molecule has 3 nitrogen and oxygen atoms in total.